The Hall–Kier alpha value is -3.11. The van der Waals surface area contributed by atoms with Crippen molar-refractivity contribution in [2.24, 2.45) is 0 Å². The van der Waals surface area contributed by atoms with E-state index in [1.807, 2.05) is 0 Å². The zero-order chi connectivity index (χ0) is 22.0. The molecule has 10 heteroatoms. The molecule has 1 aliphatic rings. The Balaban J connectivity index is 1.64. The van der Waals surface area contributed by atoms with Crippen molar-refractivity contribution in [3.8, 4) is 5.75 Å². The van der Waals surface area contributed by atoms with Gasteiger partial charge in [0.2, 0.25) is 10.0 Å². The number of rotatable bonds is 5. The summed E-state index contributed by atoms with van der Waals surface area (Å²) < 4.78 is 33.1. The van der Waals surface area contributed by atoms with Gasteiger partial charge in [0.15, 0.2) is 0 Å². The van der Waals surface area contributed by atoms with Gasteiger partial charge in [0.1, 0.15) is 5.75 Å². The monoisotopic (exact) mass is 444 g/mol. The van der Waals surface area contributed by atoms with Crippen LogP contribution in [-0.4, -0.2) is 48.8 Å². The Labute approximate surface area is 179 Å². The molecule has 0 radical (unpaired) electrons. The first-order valence-electron chi connectivity index (χ1n) is 10.1. The van der Waals surface area contributed by atoms with Crippen molar-refractivity contribution in [2.45, 2.75) is 30.6 Å². The van der Waals surface area contributed by atoms with E-state index < -0.39 is 15.9 Å². The van der Waals surface area contributed by atoms with Crippen molar-refractivity contribution in [3.63, 3.8) is 0 Å². The third-order valence-corrected chi connectivity index (χ3v) is 7.29. The van der Waals surface area contributed by atoms with Crippen LogP contribution in [0.5, 0.6) is 5.75 Å². The molecule has 1 aromatic heterocycles. The number of hydrogen-bond acceptors (Lipinski definition) is 5. The van der Waals surface area contributed by atoms with Gasteiger partial charge < -0.3 is 20.0 Å². The van der Waals surface area contributed by atoms with Crippen LogP contribution in [0.15, 0.2) is 46.1 Å². The molecule has 0 unspecified atom stereocenters. The number of fused-ring (bicyclic) bond motifs is 1. The van der Waals surface area contributed by atoms with E-state index in [2.05, 4.69) is 15.3 Å². The smallest absolute Gasteiger partial charge is 0.323 e. The molecular formula is C21H24N4O5S. The van der Waals surface area contributed by atoms with E-state index >= 15 is 0 Å². The quantitative estimate of drug-likeness (QED) is 0.558. The number of hydrogen-bond donors (Lipinski definition) is 3. The summed E-state index contributed by atoms with van der Waals surface area (Å²) in [5.74, 6) is -0.245. The predicted octanol–water partition coefficient (Wildman–Crippen LogP) is 2.68. The number of methoxy groups -OCH3 is 1. The number of aromatic amines is 2. The normalized spacial score (nSPS) is 15.5. The van der Waals surface area contributed by atoms with E-state index in [0.29, 0.717) is 29.8 Å². The number of nitrogens with one attached hydrogen (secondary N) is 3. The Morgan fingerprint density at radius 3 is 2.42 bits per heavy atom. The van der Waals surface area contributed by atoms with E-state index in [9.17, 15) is 18.0 Å². The summed E-state index contributed by atoms with van der Waals surface area (Å²) in [6.07, 6.45) is 3.68. The second-order valence-electron chi connectivity index (χ2n) is 7.47. The molecule has 9 nitrogen and oxygen atoms in total. The Kier molecular flexibility index (Phi) is 5.84. The average Bonchev–Trinajstić information content (AvgIpc) is 2.93. The standard InChI is InChI=1S/C21H24N4O5S/c1-30-19-9-7-15(31(28,29)25-10-4-2-3-5-11-25)13-16(19)20(26)22-14-6-8-17-18(12-14)24-21(27)23-17/h6-9,12-13H,2-5,10-11H2,1H3,(H,22,26)(H2,23,24,27). The van der Waals surface area contributed by atoms with Gasteiger partial charge in [0, 0.05) is 18.8 Å². The molecule has 3 N–H and O–H groups in total. The first-order chi connectivity index (χ1) is 14.9. The summed E-state index contributed by atoms with van der Waals surface area (Å²) in [4.78, 5) is 29.7. The number of H-pyrrole nitrogens is 2. The largest absolute Gasteiger partial charge is 0.496 e. The number of sulfonamides is 1. The molecule has 164 valence electrons. The minimum atomic E-state index is -3.71. The number of nitrogens with zero attached hydrogens (tertiary/aromatic N) is 1. The summed E-state index contributed by atoms with van der Waals surface area (Å²) in [5.41, 5.74) is 1.39. The topological polar surface area (TPSA) is 124 Å². The Morgan fingerprint density at radius 2 is 1.71 bits per heavy atom. The van der Waals surface area contributed by atoms with Gasteiger partial charge in [-0.3, -0.25) is 4.79 Å². The molecule has 0 aliphatic carbocycles. The molecule has 1 amide bonds. The average molecular weight is 445 g/mol. The number of imidazole rings is 1. The summed E-state index contributed by atoms with van der Waals surface area (Å²) in [5, 5.41) is 2.74. The lowest BCUT2D eigenvalue weighted by atomic mass is 10.1. The molecule has 4 rings (SSSR count). The van der Waals surface area contributed by atoms with Gasteiger partial charge in [-0.25, -0.2) is 13.2 Å². The highest BCUT2D eigenvalue weighted by Gasteiger charge is 2.27. The van der Waals surface area contributed by atoms with Crippen molar-refractivity contribution >= 4 is 32.7 Å². The zero-order valence-corrected chi connectivity index (χ0v) is 17.9. The van der Waals surface area contributed by atoms with Crippen LogP contribution in [0.3, 0.4) is 0 Å². The molecule has 2 heterocycles. The maximum absolute atomic E-state index is 13.1. The Bertz CT molecular complexity index is 1270. The van der Waals surface area contributed by atoms with E-state index in [0.717, 1.165) is 25.7 Å². The highest BCUT2D eigenvalue weighted by molar-refractivity contribution is 7.89. The Morgan fingerprint density at radius 1 is 1.00 bits per heavy atom. The number of aromatic nitrogens is 2. The van der Waals surface area contributed by atoms with Crippen LogP contribution < -0.4 is 15.7 Å². The summed E-state index contributed by atoms with van der Waals surface area (Å²) in [6.45, 7) is 0.954. The lowest BCUT2D eigenvalue weighted by molar-refractivity contribution is 0.102. The number of anilines is 1. The molecule has 3 aromatic rings. The van der Waals surface area contributed by atoms with Gasteiger partial charge in [-0.15, -0.1) is 0 Å². The molecule has 1 fully saturated rings. The highest BCUT2D eigenvalue weighted by atomic mass is 32.2. The van der Waals surface area contributed by atoms with Gasteiger partial charge in [0.05, 0.1) is 28.6 Å². The van der Waals surface area contributed by atoms with E-state index in [1.165, 1.54) is 29.6 Å². The predicted molar refractivity (Wildman–Crippen MR) is 117 cm³/mol. The maximum Gasteiger partial charge on any atom is 0.323 e. The highest BCUT2D eigenvalue weighted by Crippen LogP contribution is 2.27. The fraction of sp³-hybridized carbons (Fsp3) is 0.333. The van der Waals surface area contributed by atoms with Crippen LogP contribution in [0.4, 0.5) is 5.69 Å². The van der Waals surface area contributed by atoms with Crippen LogP contribution >= 0.6 is 0 Å². The van der Waals surface area contributed by atoms with Gasteiger partial charge in [-0.05, 0) is 49.2 Å². The minimum Gasteiger partial charge on any atom is -0.496 e. The minimum absolute atomic E-state index is 0.0609. The second kappa shape index (κ2) is 8.56. The fourth-order valence-corrected chi connectivity index (χ4v) is 5.31. The molecule has 31 heavy (non-hydrogen) atoms. The van der Waals surface area contributed by atoms with Crippen molar-refractivity contribution in [1.82, 2.24) is 14.3 Å². The van der Waals surface area contributed by atoms with Gasteiger partial charge in [0.25, 0.3) is 5.91 Å². The van der Waals surface area contributed by atoms with Crippen molar-refractivity contribution in [2.75, 3.05) is 25.5 Å². The molecular weight excluding hydrogens is 420 g/mol. The van der Waals surface area contributed by atoms with E-state index in [1.54, 1.807) is 18.2 Å². The lowest BCUT2D eigenvalue weighted by Crippen LogP contribution is -2.32. The summed E-state index contributed by atoms with van der Waals surface area (Å²) >= 11 is 0. The number of amides is 1. The van der Waals surface area contributed by atoms with E-state index in [4.69, 9.17) is 4.74 Å². The number of benzene rings is 2. The van der Waals surface area contributed by atoms with Crippen LogP contribution in [0.1, 0.15) is 36.0 Å². The van der Waals surface area contributed by atoms with E-state index in [-0.39, 0.29) is 21.9 Å². The third kappa shape index (κ3) is 4.35. The van der Waals surface area contributed by atoms with Crippen LogP contribution in [0.2, 0.25) is 0 Å². The van der Waals surface area contributed by atoms with Gasteiger partial charge >= 0.3 is 5.69 Å². The molecule has 0 spiro atoms. The number of ether oxygens (including phenoxy) is 1. The molecule has 2 aromatic carbocycles. The first kappa shape index (κ1) is 21.1. The van der Waals surface area contributed by atoms with Crippen molar-refractivity contribution in [1.29, 1.82) is 0 Å². The van der Waals surface area contributed by atoms with Gasteiger partial charge in [-0.1, -0.05) is 12.8 Å². The number of carbonyl (C=O) groups is 1. The molecule has 0 saturated carbocycles. The first-order valence-corrected chi connectivity index (χ1v) is 11.5. The number of carbonyl (C=O) groups excluding carboxylic acids is 1. The van der Waals surface area contributed by atoms with Gasteiger partial charge in [-0.2, -0.15) is 4.31 Å². The molecule has 0 atom stereocenters. The van der Waals surface area contributed by atoms with Crippen LogP contribution in [0.25, 0.3) is 11.0 Å². The fourth-order valence-electron chi connectivity index (χ4n) is 3.76. The molecule has 0 bridgehead atoms. The van der Waals surface area contributed by atoms with Crippen molar-refractivity contribution < 1.29 is 17.9 Å². The van der Waals surface area contributed by atoms with Crippen LogP contribution in [0, 0.1) is 0 Å². The lowest BCUT2D eigenvalue weighted by Gasteiger charge is -2.20. The van der Waals surface area contributed by atoms with Crippen LogP contribution in [-0.2, 0) is 10.0 Å². The summed E-state index contributed by atoms with van der Waals surface area (Å²) in [6, 6.07) is 9.24. The third-order valence-electron chi connectivity index (χ3n) is 5.39. The SMILES string of the molecule is COc1ccc(S(=O)(=O)N2CCCCCC2)cc1C(=O)Nc1ccc2[nH]c(=O)[nH]c2c1. The zero-order valence-electron chi connectivity index (χ0n) is 17.1. The second-order valence-corrected chi connectivity index (χ2v) is 9.41. The maximum atomic E-state index is 13.1. The molecule has 1 saturated heterocycles. The van der Waals surface area contributed by atoms with Crippen molar-refractivity contribution in [3.05, 3.63) is 52.4 Å². The summed E-state index contributed by atoms with van der Waals surface area (Å²) in [7, 11) is -2.29. The molecule has 1 aliphatic heterocycles.